The van der Waals surface area contributed by atoms with Crippen LogP contribution in [0.5, 0.6) is 5.75 Å². The number of amides is 5. The number of thiazole rings is 1. The number of carbonyl (C=O) groups excluding carboxylic acids is 5. The first-order chi connectivity index (χ1) is 18.1. The summed E-state index contributed by atoms with van der Waals surface area (Å²) >= 11 is 1.06. The third kappa shape index (κ3) is 5.11. The number of rotatable bonds is 9. The summed E-state index contributed by atoms with van der Waals surface area (Å²) in [5.41, 5.74) is 6.74. The van der Waals surface area contributed by atoms with Crippen molar-refractivity contribution in [2.75, 3.05) is 12.4 Å². The highest BCUT2D eigenvalue weighted by molar-refractivity contribution is 7.14. The molecular weight excluding hydrogens is 510 g/mol. The number of urea groups is 1. The van der Waals surface area contributed by atoms with Crippen LogP contribution >= 0.6 is 11.3 Å². The molecule has 0 saturated carbocycles. The average molecular weight is 536 g/mol. The molecule has 12 heteroatoms. The van der Waals surface area contributed by atoms with Gasteiger partial charge in [-0.15, -0.1) is 11.3 Å². The van der Waals surface area contributed by atoms with E-state index in [1.807, 2.05) is 6.07 Å². The third-order valence-electron chi connectivity index (χ3n) is 6.24. The monoisotopic (exact) mass is 535 g/mol. The van der Waals surface area contributed by atoms with Crippen LogP contribution in [-0.2, 0) is 9.59 Å². The van der Waals surface area contributed by atoms with Crippen LogP contribution in [-0.4, -0.2) is 52.6 Å². The first-order valence-electron chi connectivity index (χ1n) is 11.6. The maximum atomic E-state index is 13.7. The van der Waals surface area contributed by atoms with Crippen molar-refractivity contribution >= 4 is 46.0 Å². The number of ether oxygens (including phenoxy) is 1. The van der Waals surface area contributed by atoms with Gasteiger partial charge >= 0.3 is 6.03 Å². The Morgan fingerprint density at radius 3 is 2.47 bits per heavy atom. The molecular formula is C26H25N5O6S. The van der Waals surface area contributed by atoms with Crippen molar-refractivity contribution in [3.63, 3.8) is 0 Å². The summed E-state index contributed by atoms with van der Waals surface area (Å²) in [5.74, 6) is -2.68. The Kier molecular flexibility index (Phi) is 7.53. The molecule has 1 fully saturated rings. The second kappa shape index (κ2) is 10.8. The number of aromatic nitrogens is 1. The van der Waals surface area contributed by atoms with E-state index >= 15 is 0 Å². The third-order valence-corrected chi connectivity index (χ3v) is 7.00. The van der Waals surface area contributed by atoms with Crippen LogP contribution in [0.4, 0.5) is 9.93 Å². The van der Waals surface area contributed by atoms with Crippen LogP contribution in [0, 0.1) is 0 Å². The number of ketones is 1. The van der Waals surface area contributed by atoms with Gasteiger partial charge in [0.05, 0.1) is 7.11 Å². The summed E-state index contributed by atoms with van der Waals surface area (Å²) in [7, 11) is 1.36. The molecule has 1 aliphatic rings. The lowest BCUT2D eigenvalue weighted by Gasteiger charge is -2.29. The summed E-state index contributed by atoms with van der Waals surface area (Å²) in [6.07, 6.45) is 0. The zero-order chi connectivity index (χ0) is 27.6. The Balaban J connectivity index is 1.70. The smallest absolute Gasteiger partial charge is 0.325 e. The largest absolute Gasteiger partial charge is 0.496 e. The van der Waals surface area contributed by atoms with Crippen LogP contribution in [0.2, 0.25) is 0 Å². The molecule has 4 N–H and O–H groups in total. The van der Waals surface area contributed by atoms with Gasteiger partial charge in [-0.2, -0.15) is 0 Å². The number of Topliss-reactive ketones (excluding diaryl/α,β-unsaturated/α-hetero) is 1. The Hall–Kier alpha value is -4.58. The minimum absolute atomic E-state index is 0.165. The number of nitrogens with zero attached hydrogens (tertiary/aromatic N) is 2. The van der Waals surface area contributed by atoms with Gasteiger partial charge in [-0.25, -0.2) is 14.7 Å². The highest BCUT2D eigenvalue weighted by Gasteiger charge is 2.48. The van der Waals surface area contributed by atoms with Gasteiger partial charge in [0, 0.05) is 29.3 Å². The standard InChI is InChI=1S/C26H25N5O6S/c1-13(15-7-5-4-6-8-15)21(23(34)30-25-28-18(12-38-25)14(2)32)31-24(35)20(29-26(31)36)17-10-9-16(22(27)33)11-19(17)37-3/h4-13,20-21H,1-3H3,(H2,27,33)(H,29,36)(H,28,30,34)/t13-,20+,21-/m0/s1. The number of benzene rings is 2. The predicted octanol–water partition coefficient (Wildman–Crippen LogP) is 2.86. The van der Waals surface area contributed by atoms with Crippen molar-refractivity contribution in [3.8, 4) is 5.75 Å². The van der Waals surface area contributed by atoms with E-state index in [1.165, 1.54) is 37.6 Å². The highest BCUT2D eigenvalue weighted by Crippen LogP contribution is 2.34. The van der Waals surface area contributed by atoms with Crippen LogP contribution in [0.3, 0.4) is 0 Å². The fraction of sp³-hybridized carbons (Fsp3) is 0.231. The fourth-order valence-corrected chi connectivity index (χ4v) is 5.00. The number of hydrogen-bond acceptors (Lipinski definition) is 8. The van der Waals surface area contributed by atoms with Crippen LogP contribution in [0.1, 0.15) is 57.8 Å². The van der Waals surface area contributed by atoms with Gasteiger partial charge in [0.1, 0.15) is 23.5 Å². The zero-order valence-electron chi connectivity index (χ0n) is 20.8. The van der Waals surface area contributed by atoms with Crippen LogP contribution < -0.4 is 21.1 Å². The molecule has 0 radical (unpaired) electrons. The van der Waals surface area contributed by atoms with E-state index in [1.54, 1.807) is 31.2 Å². The lowest BCUT2D eigenvalue weighted by Crippen LogP contribution is -2.50. The Bertz CT molecular complexity index is 1420. The van der Waals surface area contributed by atoms with E-state index in [9.17, 15) is 24.0 Å². The van der Waals surface area contributed by atoms with Gasteiger partial charge in [-0.3, -0.25) is 19.2 Å². The average Bonchev–Trinajstić information content (AvgIpc) is 3.49. The molecule has 1 saturated heterocycles. The minimum atomic E-state index is -1.25. The molecule has 4 rings (SSSR count). The molecule has 38 heavy (non-hydrogen) atoms. The van der Waals surface area contributed by atoms with Crippen molar-refractivity contribution in [3.05, 3.63) is 76.3 Å². The van der Waals surface area contributed by atoms with Crippen molar-refractivity contribution < 1.29 is 28.7 Å². The normalized spacial score (nSPS) is 16.5. The Labute approximate surface area is 222 Å². The molecule has 11 nitrogen and oxygen atoms in total. The second-order valence-electron chi connectivity index (χ2n) is 8.64. The highest BCUT2D eigenvalue weighted by atomic mass is 32.1. The van der Waals surface area contributed by atoms with E-state index in [4.69, 9.17) is 10.5 Å². The van der Waals surface area contributed by atoms with Gasteiger partial charge in [0.15, 0.2) is 10.9 Å². The Morgan fingerprint density at radius 1 is 1.16 bits per heavy atom. The first kappa shape index (κ1) is 26.5. The number of carbonyl (C=O) groups is 5. The molecule has 0 spiro atoms. The number of imide groups is 1. The first-order valence-corrected chi connectivity index (χ1v) is 12.4. The summed E-state index contributed by atoms with van der Waals surface area (Å²) in [4.78, 5) is 68.7. The topological polar surface area (TPSA) is 161 Å². The van der Waals surface area contributed by atoms with Gasteiger partial charge in [-0.1, -0.05) is 43.3 Å². The minimum Gasteiger partial charge on any atom is -0.496 e. The number of anilines is 1. The van der Waals surface area contributed by atoms with Gasteiger partial charge < -0.3 is 21.1 Å². The molecule has 5 amide bonds. The fourth-order valence-electron chi connectivity index (χ4n) is 4.25. The van der Waals surface area contributed by atoms with Crippen molar-refractivity contribution in [2.45, 2.75) is 31.8 Å². The van der Waals surface area contributed by atoms with Crippen LogP contribution in [0.25, 0.3) is 0 Å². The molecule has 2 heterocycles. The molecule has 1 aliphatic heterocycles. The van der Waals surface area contributed by atoms with Crippen LogP contribution in [0.15, 0.2) is 53.9 Å². The van der Waals surface area contributed by atoms with Crippen molar-refractivity contribution in [1.82, 2.24) is 15.2 Å². The van der Waals surface area contributed by atoms with Crippen molar-refractivity contribution in [2.24, 2.45) is 5.73 Å². The van der Waals surface area contributed by atoms with E-state index in [2.05, 4.69) is 15.6 Å². The number of hydrogen-bond donors (Lipinski definition) is 3. The zero-order valence-corrected chi connectivity index (χ0v) is 21.6. The quantitative estimate of drug-likeness (QED) is 0.280. The maximum Gasteiger partial charge on any atom is 0.325 e. The maximum absolute atomic E-state index is 13.7. The molecule has 0 aliphatic carbocycles. The summed E-state index contributed by atoms with van der Waals surface area (Å²) < 4.78 is 5.35. The van der Waals surface area contributed by atoms with E-state index in [-0.39, 0.29) is 27.9 Å². The van der Waals surface area contributed by atoms with Gasteiger partial charge in [0.25, 0.3) is 5.91 Å². The second-order valence-corrected chi connectivity index (χ2v) is 9.50. The van der Waals surface area contributed by atoms with E-state index in [0.717, 1.165) is 21.8 Å². The predicted molar refractivity (Wildman–Crippen MR) is 139 cm³/mol. The SMILES string of the molecule is COc1cc(C(N)=O)ccc1[C@H]1NC(=O)N([C@H](C(=O)Nc2nc(C(C)=O)cs2)[C@@H](C)c2ccccc2)C1=O. The molecule has 3 aromatic rings. The number of primary amides is 1. The lowest BCUT2D eigenvalue weighted by atomic mass is 9.91. The summed E-state index contributed by atoms with van der Waals surface area (Å²) in [6.45, 7) is 3.09. The van der Waals surface area contributed by atoms with E-state index < -0.39 is 41.8 Å². The van der Waals surface area contributed by atoms with E-state index in [0.29, 0.717) is 5.56 Å². The Morgan fingerprint density at radius 2 is 1.87 bits per heavy atom. The van der Waals surface area contributed by atoms with Gasteiger partial charge in [-0.05, 0) is 17.7 Å². The molecule has 0 unspecified atom stereocenters. The van der Waals surface area contributed by atoms with Crippen molar-refractivity contribution in [1.29, 1.82) is 0 Å². The molecule has 0 bridgehead atoms. The lowest BCUT2D eigenvalue weighted by molar-refractivity contribution is -0.134. The number of nitrogens with two attached hydrogens (primary N) is 1. The summed E-state index contributed by atoms with van der Waals surface area (Å²) in [5, 5.41) is 6.95. The molecule has 1 aromatic heterocycles. The molecule has 2 aromatic carbocycles. The number of methoxy groups -OCH3 is 1. The molecule has 3 atom stereocenters. The van der Waals surface area contributed by atoms with Gasteiger partial charge in [0.2, 0.25) is 11.8 Å². The molecule has 196 valence electrons. The number of nitrogens with one attached hydrogen (secondary N) is 2. The summed E-state index contributed by atoms with van der Waals surface area (Å²) in [6, 6.07) is 10.1.